The van der Waals surface area contributed by atoms with Gasteiger partial charge >= 0.3 is 0 Å². The number of aryl methyl sites for hydroxylation is 1. The van der Waals surface area contributed by atoms with Crippen LogP contribution in [0.5, 0.6) is 0 Å². The topological polar surface area (TPSA) is 64.7 Å². The van der Waals surface area contributed by atoms with Crippen molar-refractivity contribution in [3.63, 3.8) is 0 Å². The molecule has 152 valence electrons. The van der Waals surface area contributed by atoms with E-state index in [0.717, 1.165) is 13.1 Å². The molecule has 2 aromatic carbocycles. The fraction of sp³-hybridized carbons (Fsp3) is 0.350. The van der Waals surface area contributed by atoms with Gasteiger partial charge in [-0.3, -0.25) is 0 Å². The number of nitrogens with zero attached hydrogens (tertiary/aromatic N) is 2. The molecule has 2 N–H and O–H groups in total. The molecule has 2 aromatic rings. The van der Waals surface area contributed by atoms with Gasteiger partial charge in [-0.1, -0.05) is 18.2 Å². The molecule has 0 unspecified atom stereocenters. The molecule has 0 aromatic heterocycles. The SMILES string of the molecule is CCN(CCNC(=S)Nc1cccc(S(=O)(=O)N(C)C)c1)c1cccc(C)c1. The zero-order valence-corrected chi connectivity index (χ0v) is 18.4. The van der Waals surface area contributed by atoms with Crippen molar-refractivity contribution in [1.82, 2.24) is 9.62 Å². The quantitative estimate of drug-likeness (QED) is 0.640. The fourth-order valence-corrected chi connectivity index (χ4v) is 3.89. The second-order valence-corrected chi connectivity index (χ2v) is 9.17. The van der Waals surface area contributed by atoms with E-state index in [2.05, 4.69) is 53.6 Å². The number of hydrogen-bond acceptors (Lipinski definition) is 4. The number of nitrogens with one attached hydrogen (secondary N) is 2. The van der Waals surface area contributed by atoms with Crippen LogP contribution in [0.3, 0.4) is 0 Å². The number of likely N-dealkylation sites (N-methyl/N-ethyl adjacent to an activating group) is 1. The summed E-state index contributed by atoms with van der Waals surface area (Å²) in [5.41, 5.74) is 3.05. The van der Waals surface area contributed by atoms with E-state index >= 15 is 0 Å². The van der Waals surface area contributed by atoms with Gasteiger partial charge in [0.15, 0.2) is 5.11 Å². The Morgan fingerprint density at radius 1 is 1.11 bits per heavy atom. The van der Waals surface area contributed by atoms with Crippen LogP contribution >= 0.6 is 12.2 Å². The van der Waals surface area contributed by atoms with E-state index in [1.165, 1.54) is 29.7 Å². The van der Waals surface area contributed by atoms with Crippen LogP contribution in [0.15, 0.2) is 53.4 Å². The third-order valence-electron chi connectivity index (χ3n) is 4.29. The lowest BCUT2D eigenvalue weighted by Crippen LogP contribution is -2.37. The lowest BCUT2D eigenvalue weighted by molar-refractivity contribution is 0.521. The van der Waals surface area contributed by atoms with Crippen molar-refractivity contribution in [2.24, 2.45) is 0 Å². The van der Waals surface area contributed by atoms with Crippen LogP contribution in [0, 0.1) is 6.92 Å². The lowest BCUT2D eigenvalue weighted by Gasteiger charge is -2.24. The second kappa shape index (κ2) is 9.86. The fourth-order valence-electron chi connectivity index (χ4n) is 2.72. The standard InChI is InChI=1S/C20H28N4O2S2/c1-5-24(18-10-6-8-16(2)14-18)13-12-21-20(27)22-17-9-7-11-19(15-17)28(25,26)23(3)4/h6-11,14-15H,5,12-13H2,1-4H3,(H2,21,22,27). The largest absolute Gasteiger partial charge is 0.370 e. The summed E-state index contributed by atoms with van der Waals surface area (Å²) < 4.78 is 25.7. The highest BCUT2D eigenvalue weighted by Crippen LogP contribution is 2.18. The molecule has 0 heterocycles. The number of thiocarbonyl (C=S) groups is 1. The number of benzene rings is 2. The van der Waals surface area contributed by atoms with Gasteiger partial charge in [0, 0.05) is 45.1 Å². The molecule has 0 saturated carbocycles. The Labute approximate surface area is 173 Å². The highest BCUT2D eigenvalue weighted by molar-refractivity contribution is 7.89. The molecule has 0 aliphatic heterocycles. The van der Waals surface area contributed by atoms with Gasteiger partial charge in [0.05, 0.1) is 4.90 Å². The van der Waals surface area contributed by atoms with E-state index in [1.807, 2.05) is 0 Å². The Kier molecular flexibility index (Phi) is 7.79. The van der Waals surface area contributed by atoms with Crippen LogP contribution < -0.4 is 15.5 Å². The molecule has 8 heteroatoms. The van der Waals surface area contributed by atoms with E-state index in [-0.39, 0.29) is 4.90 Å². The maximum Gasteiger partial charge on any atom is 0.242 e. The summed E-state index contributed by atoms with van der Waals surface area (Å²) in [5, 5.41) is 6.69. The van der Waals surface area contributed by atoms with Crippen molar-refractivity contribution in [1.29, 1.82) is 0 Å². The number of rotatable bonds is 8. The number of anilines is 2. The van der Waals surface area contributed by atoms with Gasteiger partial charge in [-0.2, -0.15) is 0 Å². The normalized spacial score (nSPS) is 11.3. The zero-order chi connectivity index (χ0) is 20.7. The minimum atomic E-state index is -3.48. The van der Waals surface area contributed by atoms with Crippen LogP contribution in [-0.4, -0.2) is 51.6 Å². The minimum Gasteiger partial charge on any atom is -0.370 e. The van der Waals surface area contributed by atoms with Crippen LogP contribution in [0.1, 0.15) is 12.5 Å². The summed E-state index contributed by atoms with van der Waals surface area (Å²) >= 11 is 5.35. The predicted octanol–water partition coefficient (Wildman–Crippen LogP) is 3.06. The first-order valence-electron chi connectivity index (χ1n) is 9.13. The van der Waals surface area contributed by atoms with Crippen LogP contribution in [0.25, 0.3) is 0 Å². The van der Waals surface area contributed by atoms with Gasteiger partial charge in [0.2, 0.25) is 10.0 Å². The molecule has 2 rings (SSSR count). The smallest absolute Gasteiger partial charge is 0.242 e. The predicted molar refractivity (Wildman–Crippen MR) is 121 cm³/mol. The van der Waals surface area contributed by atoms with Crippen molar-refractivity contribution < 1.29 is 8.42 Å². The van der Waals surface area contributed by atoms with E-state index in [0.29, 0.717) is 17.3 Å². The highest BCUT2D eigenvalue weighted by atomic mass is 32.2. The van der Waals surface area contributed by atoms with Gasteiger partial charge in [0.1, 0.15) is 0 Å². The maximum absolute atomic E-state index is 12.3. The molecule has 0 aliphatic rings. The number of sulfonamides is 1. The lowest BCUT2D eigenvalue weighted by atomic mass is 10.2. The van der Waals surface area contributed by atoms with Gasteiger partial charge in [-0.25, -0.2) is 12.7 Å². The Bertz CT molecular complexity index is 914. The molecule has 0 bridgehead atoms. The molecule has 0 spiro atoms. The highest BCUT2D eigenvalue weighted by Gasteiger charge is 2.17. The molecular formula is C20H28N4O2S2. The van der Waals surface area contributed by atoms with Gasteiger partial charge in [-0.05, 0) is 62.0 Å². The molecule has 0 amide bonds. The number of hydrogen-bond donors (Lipinski definition) is 2. The van der Waals surface area contributed by atoms with E-state index in [4.69, 9.17) is 12.2 Å². The first-order valence-corrected chi connectivity index (χ1v) is 11.0. The summed E-state index contributed by atoms with van der Waals surface area (Å²) in [6.45, 7) is 6.57. The van der Waals surface area contributed by atoms with Crippen molar-refractivity contribution in [3.05, 3.63) is 54.1 Å². The Hall–Kier alpha value is -2.16. The molecule has 6 nitrogen and oxygen atoms in total. The first kappa shape index (κ1) is 22.1. The molecule has 0 atom stereocenters. The van der Waals surface area contributed by atoms with Crippen LogP contribution in [-0.2, 0) is 10.0 Å². The molecule has 0 saturated heterocycles. The summed E-state index contributed by atoms with van der Waals surface area (Å²) in [6, 6.07) is 15.0. The van der Waals surface area contributed by atoms with Crippen molar-refractivity contribution in [2.45, 2.75) is 18.7 Å². The van der Waals surface area contributed by atoms with Gasteiger partial charge < -0.3 is 15.5 Å². The summed E-state index contributed by atoms with van der Waals surface area (Å²) in [5.74, 6) is 0. The summed E-state index contributed by atoms with van der Waals surface area (Å²) in [7, 11) is -0.459. The van der Waals surface area contributed by atoms with Crippen LogP contribution in [0.4, 0.5) is 11.4 Å². The summed E-state index contributed by atoms with van der Waals surface area (Å²) in [4.78, 5) is 2.49. The molecule has 0 fully saturated rings. The minimum absolute atomic E-state index is 0.224. The maximum atomic E-state index is 12.3. The monoisotopic (exact) mass is 420 g/mol. The molecule has 28 heavy (non-hydrogen) atoms. The summed E-state index contributed by atoms with van der Waals surface area (Å²) in [6.07, 6.45) is 0. The Morgan fingerprint density at radius 2 is 1.82 bits per heavy atom. The van der Waals surface area contributed by atoms with Gasteiger partial charge in [-0.15, -0.1) is 0 Å². The van der Waals surface area contributed by atoms with Gasteiger partial charge in [0.25, 0.3) is 0 Å². The molecule has 0 aliphatic carbocycles. The first-order chi connectivity index (χ1) is 13.2. The van der Waals surface area contributed by atoms with E-state index in [1.54, 1.807) is 24.3 Å². The zero-order valence-electron chi connectivity index (χ0n) is 16.8. The van der Waals surface area contributed by atoms with Crippen molar-refractivity contribution in [3.8, 4) is 0 Å². The molecule has 0 radical (unpaired) electrons. The van der Waals surface area contributed by atoms with E-state index < -0.39 is 10.0 Å². The third kappa shape index (κ3) is 5.92. The average Bonchev–Trinajstić information content (AvgIpc) is 2.65. The van der Waals surface area contributed by atoms with Crippen molar-refractivity contribution >= 4 is 38.7 Å². The van der Waals surface area contributed by atoms with Crippen LogP contribution in [0.2, 0.25) is 0 Å². The Morgan fingerprint density at radius 3 is 2.46 bits per heavy atom. The van der Waals surface area contributed by atoms with E-state index in [9.17, 15) is 8.42 Å². The second-order valence-electron chi connectivity index (χ2n) is 6.61. The third-order valence-corrected chi connectivity index (χ3v) is 6.34. The average molecular weight is 421 g/mol. The van der Waals surface area contributed by atoms with Crippen molar-refractivity contribution in [2.75, 3.05) is 43.9 Å². The molecular weight excluding hydrogens is 392 g/mol. The Balaban J connectivity index is 1.92.